The summed E-state index contributed by atoms with van der Waals surface area (Å²) in [4.78, 5) is 6.84. The molecule has 1 aliphatic rings. The molecule has 0 unspecified atom stereocenters. The molecule has 122 valence electrons. The lowest BCUT2D eigenvalue weighted by atomic mass is 9.97. The highest BCUT2D eigenvalue weighted by Crippen LogP contribution is 2.40. The molecule has 4 nitrogen and oxygen atoms in total. The van der Waals surface area contributed by atoms with Crippen molar-refractivity contribution in [1.29, 1.82) is 0 Å². The fourth-order valence-electron chi connectivity index (χ4n) is 3.70. The van der Waals surface area contributed by atoms with Gasteiger partial charge >= 0.3 is 0 Å². The van der Waals surface area contributed by atoms with Crippen LogP contribution in [0.1, 0.15) is 48.6 Å². The molecule has 23 heavy (non-hydrogen) atoms. The lowest BCUT2D eigenvalue weighted by Crippen LogP contribution is -2.29. The highest BCUT2D eigenvalue weighted by Gasteiger charge is 2.40. The van der Waals surface area contributed by atoms with E-state index in [2.05, 4.69) is 59.6 Å². The van der Waals surface area contributed by atoms with Gasteiger partial charge in [0.2, 0.25) is 0 Å². The summed E-state index contributed by atoms with van der Waals surface area (Å²) < 4.78 is 2.36. The van der Waals surface area contributed by atoms with Crippen LogP contribution in [0.2, 0.25) is 0 Å². The summed E-state index contributed by atoms with van der Waals surface area (Å²) in [5, 5.41) is 4.29. The minimum Gasteiger partial charge on any atom is -0.352 e. The van der Waals surface area contributed by atoms with Crippen LogP contribution in [0.15, 0.2) is 30.5 Å². The van der Waals surface area contributed by atoms with E-state index in [9.17, 15) is 0 Å². The zero-order chi connectivity index (χ0) is 16.6. The molecule has 3 heterocycles. The fraction of sp³-hybridized carbons (Fsp3) is 0.444. The van der Waals surface area contributed by atoms with E-state index in [0.29, 0.717) is 0 Å². The molecule has 0 radical (unpaired) electrons. The van der Waals surface area contributed by atoms with Gasteiger partial charge in [-0.1, -0.05) is 6.07 Å². The zero-order valence-corrected chi connectivity index (χ0v) is 15.0. The molecule has 5 heteroatoms. The zero-order valence-electron chi connectivity index (χ0n) is 14.2. The van der Waals surface area contributed by atoms with Crippen molar-refractivity contribution in [3.05, 3.63) is 53.1 Å². The Morgan fingerprint density at radius 2 is 2.00 bits per heavy atom. The predicted molar refractivity (Wildman–Crippen MR) is 97.4 cm³/mol. The van der Waals surface area contributed by atoms with Crippen LogP contribution in [0.5, 0.6) is 0 Å². The largest absolute Gasteiger partial charge is 0.352 e. The van der Waals surface area contributed by atoms with E-state index in [-0.39, 0.29) is 12.1 Å². The molecule has 1 aliphatic heterocycles. The molecule has 0 saturated carbocycles. The monoisotopic (exact) mass is 328 g/mol. The van der Waals surface area contributed by atoms with E-state index < -0.39 is 0 Å². The Morgan fingerprint density at radius 3 is 2.57 bits per heavy atom. The number of likely N-dealkylation sites (N-methyl/N-ethyl adjacent to an activating group) is 1. The Bertz CT molecular complexity index is 707. The average Bonchev–Trinajstić information content (AvgIpc) is 3.04. The molecule has 2 aromatic heterocycles. The second kappa shape index (κ2) is 6.32. The van der Waals surface area contributed by atoms with Gasteiger partial charge in [0.15, 0.2) is 5.11 Å². The van der Waals surface area contributed by atoms with Crippen LogP contribution < -0.4 is 5.32 Å². The topological polar surface area (TPSA) is 33.1 Å². The molecular weight excluding hydrogens is 304 g/mol. The molecular formula is C18H24N4S. The first kappa shape index (κ1) is 16.0. The summed E-state index contributed by atoms with van der Waals surface area (Å²) >= 11 is 5.59. The van der Waals surface area contributed by atoms with E-state index in [1.54, 1.807) is 0 Å². The molecule has 0 spiro atoms. The maximum Gasteiger partial charge on any atom is 0.170 e. The van der Waals surface area contributed by atoms with Crippen molar-refractivity contribution in [2.24, 2.45) is 0 Å². The summed E-state index contributed by atoms with van der Waals surface area (Å²) in [7, 11) is 0. The molecule has 0 aliphatic carbocycles. The van der Waals surface area contributed by atoms with Crippen LogP contribution in [0.4, 0.5) is 0 Å². The highest BCUT2D eigenvalue weighted by atomic mass is 32.1. The van der Waals surface area contributed by atoms with Gasteiger partial charge in [-0.2, -0.15) is 0 Å². The average molecular weight is 328 g/mol. The summed E-state index contributed by atoms with van der Waals surface area (Å²) in [6, 6.07) is 8.65. The number of pyridine rings is 1. The maximum absolute atomic E-state index is 5.59. The molecule has 2 atom stereocenters. The Hall–Kier alpha value is -1.88. The first-order chi connectivity index (χ1) is 11.1. The van der Waals surface area contributed by atoms with Gasteiger partial charge in [0.1, 0.15) is 0 Å². The third-order valence-electron chi connectivity index (χ3n) is 4.79. The third kappa shape index (κ3) is 2.63. The summed E-state index contributed by atoms with van der Waals surface area (Å²) in [5.74, 6) is 0. The van der Waals surface area contributed by atoms with Gasteiger partial charge in [-0.15, -0.1) is 0 Å². The standard InChI is InChI=1S/C18H24N4S/c1-5-21-12(3)11-14(13(21)4)17-16(15-9-7-8-10-19-15)20-18(23)22(17)6-2/h7-11,16-17H,5-6H2,1-4H3,(H,20,23)/t16-,17-/m1/s1. The molecule has 2 aromatic rings. The van der Waals surface area contributed by atoms with Gasteiger partial charge < -0.3 is 14.8 Å². The Labute approximate surface area is 143 Å². The van der Waals surface area contributed by atoms with Gasteiger partial charge in [-0.25, -0.2) is 0 Å². The normalized spacial score (nSPS) is 20.9. The highest BCUT2D eigenvalue weighted by molar-refractivity contribution is 7.80. The molecule has 0 aromatic carbocycles. The third-order valence-corrected chi connectivity index (χ3v) is 5.14. The number of nitrogens with zero attached hydrogens (tertiary/aromatic N) is 3. The number of thiocarbonyl (C=S) groups is 1. The van der Waals surface area contributed by atoms with Crippen molar-refractivity contribution in [3.63, 3.8) is 0 Å². The van der Waals surface area contributed by atoms with Crippen molar-refractivity contribution in [3.8, 4) is 0 Å². The first-order valence-electron chi connectivity index (χ1n) is 8.23. The Morgan fingerprint density at radius 1 is 1.22 bits per heavy atom. The minimum absolute atomic E-state index is 0.0921. The van der Waals surface area contributed by atoms with Gasteiger partial charge in [0.25, 0.3) is 0 Å². The quantitative estimate of drug-likeness (QED) is 0.871. The van der Waals surface area contributed by atoms with Crippen LogP contribution in [-0.2, 0) is 6.54 Å². The van der Waals surface area contributed by atoms with Crippen molar-refractivity contribution in [2.45, 2.75) is 46.3 Å². The summed E-state index contributed by atoms with van der Waals surface area (Å²) in [6.45, 7) is 10.6. The van der Waals surface area contributed by atoms with Crippen LogP contribution in [0, 0.1) is 13.8 Å². The Kier molecular flexibility index (Phi) is 4.39. The molecule has 1 N–H and O–H groups in total. The van der Waals surface area contributed by atoms with Crippen molar-refractivity contribution >= 4 is 17.3 Å². The number of aryl methyl sites for hydroxylation is 1. The first-order valence-corrected chi connectivity index (χ1v) is 8.64. The van der Waals surface area contributed by atoms with Gasteiger partial charge in [-0.05, 0) is 63.7 Å². The number of rotatable bonds is 4. The molecule has 0 bridgehead atoms. The van der Waals surface area contributed by atoms with E-state index in [1.807, 2.05) is 18.3 Å². The van der Waals surface area contributed by atoms with Crippen molar-refractivity contribution < 1.29 is 0 Å². The van der Waals surface area contributed by atoms with Crippen LogP contribution in [-0.4, -0.2) is 26.1 Å². The smallest absolute Gasteiger partial charge is 0.170 e. The molecule has 0 amide bonds. The fourth-order valence-corrected chi connectivity index (χ4v) is 4.07. The lowest BCUT2D eigenvalue weighted by molar-refractivity contribution is 0.329. The van der Waals surface area contributed by atoms with Gasteiger partial charge in [-0.3, -0.25) is 4.98 Å². The van der Waals surface area contributed by atoms with Gasteiger partial charge in [0, 0.05) is 30.7 Å². The molecule has 1 fully saturated rings. The van der Waals surface area contributed by atoms with E-state index >= 15 is 0 Å². The molecule has 1 saturated heterocycles. The molecule has 3 rings (SSSR count). The second-order valence-electron chi connectivity index (χ2n) is 5.98. The van der Waals surface area contributed by atoms with Crippen LogP contribution >= 0.6 is 12.2 Å². The maximum atomic E-state index is 5.59. The number of hydrogen-bond donors (Lipinski definition) is 1. The van der Waals surface area contributed by atoms with Gasteiger partial charge in [0.05, 0.1) is 17.8 Å². The van der Waals surface area contributed by atoms with Crippen LogP contribution in [0.25, 0.3) is 0 Å². The predicted octanol–water partition coefficient (Wildman–Crippen LogP) is 3.51. The van der Waals surface area contributed by atoms with Crippen molar-refractivity contribution in [1.82, 2.24) is 19.8 Å². The lowest BCUT2D eigenvalue weighted by Gasteiger charge is -2.27. The number of aromatic nitrogens is 2. The Balaban J connectivity index is 2.10. The van der Waals surface area contributed by atoms with E-state index in [0.717, 1.165) is 23.9 Å². The number of nitrogens with one attached hydrogen (secondary N) is 1. The second-order valence-corrected chi connectivity index (χ2v) is 6.37. The van der Waals surface area contributed by atoms with Crippen molar-refractivity contribution in [2.75, 3.05) is 6.54 Å². The van der Waals surface area contributed by atoms with Crippen LogP contribution in [0.3, 0.4) is 0 Å². The SMILES string of the molecule is CCN1C(=S)N[C@H](c2ccccn2)[C@H]1c1cc(C)n(CC)c1C. The van der Waals surface area contributed by atoms with E-state index in [4.69, 9.17) is 12.2 Å². The minimum atomic E-state index is 0.0921. The summed E-state index contributed by atoms with van der Waals surface area (Å²) in [6.07, 6.45) is 1.85. The summed E-state index contributed by atoms with van der Waals surface area (Å²) in [5.41, 5.74) is 5.00. The number of hydrogen-bond acceptors (Lipinski definition) is 2. The van der Waals surface area contributed by atoms with E-state index in [1.165, 1.54) is 17.0 Å².